The number of hydrogen-bond acceptors (Lipinski definition) is 3. The molecule has 0 aliphatic heterocycles. The van der Waals surface area contributed by atoms with E-state index in [1.807, 2.05) is 6.07 Å². The molecule has 0 aliphatic carbocycles. The predicted molar refractivity (Wildman–Crippen MR) is 102 cm³/mol. The van der Waals surface area contributed by atoms with Gasteiger partial charge in [0.1, 0.15) is 5.82 Å². The Bertz CT molecular complexity index is 567. The monoisotopic (exact) mass is 415 g/mol. The van der Waals surface area contributed by atoms with Crippen molar-refractivity contribution in [1.82, 2.24) is 10.6 Å². The van der Waals surface area contributed by atoms with E-state index < -0.39 is 0 Å². The van der Waals surface area contributed by atoms with Crippen molar-refractivity contribution < 1.29 is 13.9 Å². The van der Waals surface area contributed by atoms with Crippen molar-refractivity contribution in [3.05, 3.63) is 34.1 Å². The molecular formula is C18H27BrFN3O2. The third-order valence-electron chi connectivity index (χ3n) is 3.73. The molecule has 25 heavy (non-hydrogen) atoms. The number of guanidine groups is 1. The maximum atomic E-state index is 13.7. The summed E-state index contributed by atoms with van der Waals surface area (Å²) in [5.41, 5.74) is 0.721. The van der Waals surface area contributed by atoms with Crippen molar-refractivity contribution in [2.45, 2.75) is 38.5 Å². The Morgan fingerprint density at radius 2 is 1.92 bits per heavy atom. The second-order valence-corrected chi connectivity index (χ2v) is 6.57. The molecule has 0 unspecified atom stereocenters. The summed E-state index contributed by atoms with van der Waals surface area (Å²) in [7, 11) is 3.13. The molecule has 0 spiro atoms. The van der Waals surface area contributed by atoms with Gasteiger partial charge in [0, 0.05) is 31.0 Å². The number of methoxy groups -OCH3 is 1. The first-order valence-corrected chi connectivity index (χ1v) is 9.31. The SMILES string of the molecule is CN=C(NCCCCCC(=O)OC)NCCCc1ccc(Br)cc1F. The van der Waals surface area contributed by atoms with E-state index in [1.54, 1.807) is 13.1 Å². The van der Waals surface area contributed by atoms with Crippen LogP contribution in [0, 0.1) is 5.82 Å². The number of benzene rings is 1. The van der Waals surface area contributed by atoms with Crippen LogP contribution in [0.5, 0.6) is 0 Å². The van der Waals surface area contributed by atoms with Gasteiger partial charge in [-0.3, -0.25) is 9.79 Å². The van der Waals surface area contributed by atoms with E-state index in [4.69, 9.17) is 0 Å². The van der Waals surface area contributed by atoms with Crippen molar-refractivity contribution in [2.75, 3.05) is 27.2 Å². The van der Waals surface area contributed by atoms with Gasteiger partial charge in [-0.1, -0.05) is 28.4 Å². The summed E-state index contributed by atoms with van der Waals surface area (Å²) < 4.78 is 19.1. The number of nitrogens with zero attached hydrogens (tertiary/aromatic N) is 1. The fourth-order valence-electron chi connectivity index (χ4n) is 2.31. The quantitative estimate of drug-likeness (QED) is 0.266. The molecular weight excluding hydrogens is 389 g/mol. The number of aliphatic imine (C=N–C) groups is 1. The minimum absolute atomic E-state index is 0.160. The van der Waals surface area contributed by atoms with Crippen LogP contribution in [0.4, 0.5) is 4.39 Å². The molecule has 0 saturated heterocycles. The maximum absolute atomic E-state index is 13.7. The first kappa shape index (κ1) is 21.4. The number of carbonyl (C=O) groups is 1. The fourth-order valence-corrected chi connectivity index (χ4v) is 2.64. The third-order valence-corrected chi connectivity index (χ3v) is 4.23. The molecule has 5 nitrogen and oxygen atoms in total. The molecule has 7 heteroatoms. The van der Waals surface area contributed by atoms with Gasteiger partial charge in [0.25, 0.3) is 0 Å². The summed E-state index contributed by atoms with van der Waals surface area (Å²) in [5.74, 6) is 0.403. The average Bonchev–Trinajstić information content (AvgIpc) is 2.60. The van der Waals surface area contributed by atoms with E-state index in [0.29, 0.717) is 12.8 Å². The maximum Gasteiger partial charge on any atom is 0.305 e. The van der Waals surface area contributed by atoms with Gasteiger partial charge in [0.05, 0.1) is 7.11 Å². The minimum atomic E-state index is -0.177. The Hall–Kier alpha value is -1.63. The van der Waals surface area contributed by atoms with E-state index in [1.165, 1.54) is 13.2 Å². The Labute approximate surface area is 157 Å². The van der Waals surface area contributed by atoms with Crippen LogP contribution in [0.25, 0.3) is 0 Å². The first-order chi connectivity index (χ1) is 12.1. The zero-order valence-corrected chi connectivity index (χ0v) is 16.5. The molecule has 0 saturated carbocycles. The third kappa shape index (κ3) is 9.43. The molecule has 1 aromatic carbocycles. The van der Waals surface area contributed by atoms with E-state index in [-0.39, 0.29) is 11.8 Å². The van der Waals surface area contributed by atoms with Crippen LogP contribution in [-0.4, -0.2) is 39.2 Å². The molecule has 0 atom stereocenters. The lowest BCUT2D eigenvalue weighted by molar-refractivity contribution is -0.140. The van der Waals surface area contributed by atoms with E-state index in [2.05, 4.69) is 36.3 Å². The molecule has 0 amide bonds. The van der Waals surface area contributed by atoms with Gasteiger partial charge in [-0.2, -0.15) is 0 Å². The van der Waals surface area contributed by atoms with Crippen LogP contribution in [0.1, 0.15) is 37.7 Å². The summed E-state index contributed by atoms with van der Waals surface area (Å²) >= 11 is 3.26. The van der Waals surface area contributed by atoms with Gasteiger partial charge in [0.15, 0.2) is 5.96 Å². The zero-order valence-electron chi connectivity index (χ0n) is 14.9. The van der Waals surface area contributed by atoms with Gasteiger partial charge >= 0.3 is 5.97 Å². The molecule has 0 heterocycles. The van der Waals surface area contributed by atoms with Gasteiger partial charge < -0.3 is 15.4 Å². The number of esters is 1. The van der Waals surface area contributed by atoms with Gasteiger partial charge in [-0.05, 0) is 43.4 Å². The lowest BCUT2D eigenvalue weighted by atomic mass is 10.1. The Kier molecular flexibility index (Phi) is 10.9. The van der Waals surface area contributed by atoms with E-state index >= 15 is 0 Å². The highest BCUT2D eigenvalue weighted by atomic mass is 79.9. The number of rotatable bonds is 10. The number of ether oxygens (including phenoxy) is 1. The Balaban J connectivity index is 2.12. The summed E-state index contributed by atoms with van der Waals surface area (Å²) in [4.78, 5) is 15.2. The van der Waals surface area contributed by atoms with Crippen molar-refractivity contribution in [2.24, 2.45) is 4.99 Å². The van der Waals surface area contributed by atoms with Crippen LogP contribution in [0.3, 0.4) is 0 Å². The van der Waals surface area contributed by atoms with Crippen LogP contribution in [0.2, 0.25) is 0 Å². The lowest BCUT2D eigenvalue weighted by Gasteiger charge is -2.12. The Morgan fingerprint density at radius 1 is 1.20 bits per heavy atom. The molecule has 1 aromatic rings. The average molecular weight is 416 g/mol. The number of halogens is 2. The number of unbranched alkanes of at least 4 members (excludes halogenated alkanes) is 2. The number of aryl methyl sites for hydroxylation is 1. The highest BCUT2D eigenvalue weighted by molar-refractivity contribution is 9.10. The standard InChI is InChI=1S/C18H27BrFN3O2/c1-21-18(22-11-5-3-4-8-17(24)25-2)23-12-6-7-14-9-10-15(19)13-16(14)20/h9-10,13H,3-8,11-12H2,1-2H3,(H2,21,22,23). The Morgan fingerprint density at radius 3 is 2.56 bits per heavy atom. The molecule has 2 N–H and O–H groups in total. The van der Waals surface area contributed by atoms with Gasteiger partial charge in [0.2, 0.25) is 0 Å². The largest absolute Gasteiger partial charge is 0.469 e. The molecule has 0 aromatic heterocycles. The molecule has 140 valence electrons. The van der Waals surface area contributed by atoms with Crippen LogP contribution >= 0.6 is 15.9 Å². The summed E-state index contributed by atoms with van der Waals surface area (Å²) in [6.07, 6.45) is 4.72. The lowest BCUT2D eigenvalue weighted by Crippen LogP contribution is -2.38. The predicted octanol–water partition coefficient (Wildman–Crippen LogP) is 3.42. The minimum Gasteiger partial charge on any atom is -0.469 e. The molecule has 0 fully saturated rings. The van der Waals surface area contributed by atoms with Crippen molar-refractivity contribution in [3.8, 4) is 0 Å². The smallest absolute Gasteiger partial charge is 0.305 e. The van der Waals surface area contributed by atoms with Gasteiger partial charge in [-0.25, -0.2) is 4.39 Å². The highest BCUT2D eigenvalue weighted by Crippen LogP contribution is 2.16. The number of hydrogen-bond donors (Lipinski definition) is 2. The molecule has 0 radical (unpaired) electrons. The molecule has 1 rings (SSSR count). The highest BCUT2D eigenvalue weighted by Gasteiger charge is 2.03. The first-order valence-electron chi connectivity index (χ1n) is 8.52. The molecule has 0 aliphatic rings. The zero-order chi connectivity index (χ0) is 18.5. The second-order valence-electron chi connectivity index (χ2n) is 5.65. The van der Waals surface area contributed by atoms with Crippen molar-refractivity contribution in [1.29, 1.82) is 0 Å². The topological polar surface area (TPSA) is 62.7 Å². The van der Waals surface area contributed by atoms with Crippen LogP contribution in [-0.2, 0) is 16.0 Å². The molecule has 0 bridgehead atoms. The second kappa shape index (κ2) is 12.7. The normalized spacial score (nSPS) is 11.3. The van der Waals surface area contributed by atoms with Gasteiger partial charge in [-0.15, -0.1) is 0 Å². The summed E-state index contributed by atoms with van der Waals surface area (Å²) in [6.45, 7) is 1.51. The summed E-state index contributed by atoms with van der Waals surface area (Å²) in [6, 6.07) is 5.15. The number of carbonyl (C=O) groups excluding carboxylic acids is 1. The van der Waals surface area contributed by atoms with Crippen molar-refractivity contribution >= 4 is 27.9 Å². The fraction of sp³-hybridized carbons (Fsp3) is 0.556. The van der Waals surface area contributed by atoms with E-state index in [0.717, 1.165) is 54.8 Å². The van der Waals surface area contributed by atoms with Crippen LogP contribution in [0.15, 0.2) is 27.7 Å². The summed E-state index contributed by atoms with van der Waals surface area (Å²) in [5, 5.41) is 6.45. The van der Waals surface area contributed by atoms with Crippen LogP contribution < -0.4 is 10.6 Å². The van der Waals surface area contributed by atoms with E-state index in [9.17, 15) is 9.18 Å². The van der Waals surface area contributed by atoms with Crippen molar-refractivity contribution in [3.63, 3.8) is 0 Å². The number of nitrogens with one attached hydrogen (secondary N) is 2.